The van der Waals surface area contributed by atoms with Gasteiger partial charge in [0.05, 0.1) is 0 Å². The van der Waals surface area contributed by atoms with Crippen molar-refractivity contribution in [3.63, 3.8) is 0 Å². The summed E-state index contributed by atoms with van der Waals surface area (Å²) in [7, 11) is 0. The molecular weight excluding hydrogens is 781 g/mol. The second-order valence-corrected chi connectivity index (χ2v) is 17.4. The van der Waals surface area contributed by atoms with Gasteiger partial charge in [-0.25, -0.2) is 0 Å². The van der Waals surface area contributed by atoms with Crippen LogP contribution in [-0.2, 0) is 28.6 Å². The highest BCUT2D eigenvalue weighted by Crippen LogP contribution is 2.14. The summed E-state index contributed by atoms with van der Waals surface area (Å²) in [6.07, 6.45) is 64.7. The highest BCUT2D eigenvalue weighted by molar-refractivity contribution is 5.71. The molecule has 1 atom stereocenters. The van der Waals surface area contributed by atoms with Crippen molar-refractivity contribution in [3.05, 3.63) is 72.9 Å². The molecule has 0 fully saturated rings. The summed E-state index contributed by atoms with van der Waals surface area (Å²) in [5.74, 6) is -0.998. The average molecular weight is 879 g/mol. The van der Waals surface area contributed by atoms with Crippen molar-refractivity contribution in [1.29, 1.82) is 0 Å². The van der Waals surface area contributed by atoms with Crippen molar-refractivity contribution in [1.82, 2.24) is 0 Å². The minimum Gasteiger partial charge on any atom is -0.462 e. The van der Waals surface area contributed by atoms with Crippen LogP contribution in [0.4, 0.5) is 0 Å². The monoisotopic (exact) mass is 879 g/mol. The summed E-state index contributed by atoms with van der Waals surface area (Å²) in [6.45, 7) is 6.44. The average Bonchev–Trinajstić information content (AvgIpc) is 3.28. The second-order valence-electron chi connectivity index (χ2n) is 17.4. The first-order valence-corrected chi connectivity index (χ1v) is 26.4. The van der Waals surface area contributed by atoms with Gasteiger partial charge in [0.25, 0.3) is 0 Å². The molecule has 63 heavy (non-hydrogen) atoms. The van der Waals surface area contributed by atoms with Crippen LogP contribution in [0.25, 0.3) is 0 Å². The smallest absolute Gasteiger partial charge is 0.306 e. The third kappa shape index (κ3) is 49.7. The van der Waals surface area contributed by atoms with E-state index in [1.165, 1.54) is 128 Å². The molecule has 0 amide bonds. The molecule has 0 aromatic heterocycles. The number of unbranched alkanes of at least 4 members (excludes halogenated alkanes) is 24. The number of allylic oxidation sites excluding steroid dienone is 12. The van der Waals surface area contributed by atoms with Crippen LogP contribution < -0.4 is 0 Å². The first kappa shape index (κ1) is 59.9. The summed E-state index contributed by atoms with van der Waals surface area (Å²) >= 11 is 0. The molecule has 1 unspecified atom stereocenters. The van der Waals surface area contributed by atoms with Crippen molar-refractivity contribution >= 4 is 17.9 Å². The predicted molar refractivity (Wildman–Crippen MR) is 270 cm³/mol. The molecular formula is C57H98O6. The fraction of sp³-hybridized carbons (Fsp3) is 0.737. The topological polar surface area (TPSA) is 78.9 Å². The minimum atomic E-state index is -0.816. The molecule has 0 spiro atoms. The zero-order valence-corrected chi connectivity index (χ0v) is 41.3. The third-order valence-corrected chi connectivity index (χ3v) is 11.2. The normalized spacial score (nSPS) is 12.6. The minimum absolute atomic E-state index is 0.107. The van der Waals surface area contributed by atoms with Crippen LogP contribution in [0.3, 0.4) is 0 Å². The van der Waals surface area contributed by atoms with Crippen LogP contribution in [0.5, 0.6) is 0 Å². The molecule has 0 bridgehead atoms. The van der Waals surface area contributed by atoms with Crippen molar-refractivity contribution in [2.75, 3.05) is 13.2 Å². The lowest BCUT2D eigenvalue weighted by molar-refractivity contribution is -0.166. The van der Waals surface area contributed by atoms with Crippen molar-refractivity contribution in [3.8, 4) is 0 Å². The van der Waals surface area contributed by atoms with E-state index in [4.69, 9.17) is 14.2 Å². The fourth-order valence-electron chi connectivity index (χ4n) is 7.21. The Morgan fingerprint density at radius 3 is 1.05 bits per heavy atom. The quantitative estimate of drug-likeness (QED) is 0.0262. The Kier molecular flexibility index (Phi) is 48.9. The Balaban J connectivity index is 4.41. The van der Waals surface area contributed by atoms with Gasteiger partial charge in [-0.05, 0) is 96.3 Å². The van der Waals surface area contributed by atoms with Gasteiger partial charge in [-0.15, -0.1) is 0 Å². The van der Waals surface area contributed by atoms with E-state index in [1.54, 1.807) is 0 Å². The van der Waals surface area contributed by atoms with E-state index >= 15 is 0 Å². The van der Waals surface area contributed by atoms with Gasteiger partial charge in [0.15, 0.2) is 6.10 Å². The zero-order valence-electron chi connectivity index (χ0n) is 41.3. The molecule has 0 saturated carbocycles. The second kappa shape index (κ2) is 51.5. The maximum Gasteiger partial charge on any atom is 0.306 e. The van der Waals surface area contributed by atoms with Gasteiger partial charge in [0, 0.05) is 19.3 Å². The zero-order chi connectivity index (χ0) is 45.8. The molecule has 6 nitrogen and oxygen atoms in total. The van der Waals surface area contributed by atoms with Gasteiger partial charge in [0.2, 0.25) is 0 Å². The van der Waals surface area contributed by atoms with Gasteiger partial charge in [0.1, 0.15) is 13.2 Å². The van der Waals surface area contributed by atoms with Crippen LogP contribution >= 0.6 is 0 Å². The lowest BCUT2D eigenvalue weighted by Gasteiger charge is -2.18. The first-order chi connectivity index (χ1) is 31.0. The van der Waals surface area contributed by atoms with Crippen LogP contribution in [0.1, 0.15) is 252 Å². The molecule has 0 aromatic carbocycles. The van der Waals surface area contributed by atoms with Crippen molar-refractivity contribution in [2.45, 2.75) is 258 Å². The first-order valence-electron chi connectivity index (χ1n) is 26.4. The van der Waals surface area contributed by atoms with Crippen LogP contribution in [-0.4, -0.2) is 37.2 Å². The molecule has 0 heterocycles. The van der Waals surface area contributed by atoms with Gasteiger partial charge in [-0.3, -0.25) is 14.4 Å². The summed E-state index contributed by atoms with van der Waals surface area (Å²) in [5, 5.41) is 0. The van der Waals surface area contributed by atoms with Crippen molar-refractivity contribution < 1.29 is 28.6 Å². The van der Waals surface area contributed by atoms with E-state index in [0.29, 0.717) is 19.3 Å². The number of esters is 3. The molecule has 0 rings (SSSR count). The number of hydrogen-bond donors (Lipinski definition) is 0. The highest BCUT2D eigenvalue weighted by atomic mass is 16.6. The summed E-state index contributed by atoms with van der Waals surface area (Å²) in [4.78, 5) is 37.9. The molecule has 0 aliphatic carbocycles. The van der Waals surface area contributed by atoms with E-state index in [0.717, 1.165) is 77.0 Å². The van der Waals surface area contributed by atoms with E-state index in [2.05, 4.69) is 81.5 Å². The molecule has 362 valence electrons. The number of ether oxygens (including phenoxy) is 3. The van der Waals surface area contributed by atoms with Crippen LogP contribution in [0.15, 0.2) is 72.9 Å². The molecule has 0 aliphatic heterocycles. The molecule has 0 saturated heterocycles. The largest absolute Gasteiger partial charge is 0.462 e. The van der Waals surface area contributed by atoms with E-state index < -0.39 is 12.1 Å². The van der Waals surface area contributed by atoms with E-state index in [9.17, 15) is 14.4 Å². The van der Waals surface area contributed by atoms with Crippen LogP contribution in [0, 0.1) is 0 Å². The Bertz CT molecular complexity index is 1190. The maximum atomic E-state index is 12.7. The Morgan fingerprint density at radius 2 is 0.651 bits per heavy atom. The number of rotatable bonds is 47. The highest BCUT2D eigenvalue weighted by Gasteiger charge is 2.19. The number of hydrogen-bond acceptors (Lipinski definition) is 6. The Labute approximate surface area is 389 Å². The SMILES string of the molecule is CC/C=C\C/C=C\C/C=C\C/C=C\CCC(=O)OC(COC(=O)CCCCCCC/C=C\CCCCCC)COC(=O)CCCCCCCCCCC/C=C\CCCCCCCC. The molecule has 0 aliphatic rings. The van der Waals surface area contributed by atoms with Gasteiger partial charge in [-0.2, -0.15) is 0 Å². The maximum absolute atomic E-state index is 12.7. The predicted octanol–water partition coefficient (Wildman–Crippen LogP) is 17.4. The lowest BCUT2D eigenvalue weighted by atomic mass is 10.1. The molecule has 0 radical (unpaired) electrons. The standard InChI is InChI=1S/C57H98O6/c1-4-7-10-13-16-19-22-25-26-27-28-29-30-33-35-38-41-44-47-50-56(59)62-53-54(63-57(60)51-48-45-42-39-36-32-24-21-18-15-12-9-6-3)52-61-55(58)49-46-43-40-37-34-31-23-20-17-14-11-8-5-2/h9,12,18,20-21,23,25-26,32,36,42,45,54H,4-8,10-11,13-17,19,22,24,27-31,33-35,37-41,43-44,46-53H2,1-3H3/b12-9-,21-18-,23-20-,26-25-,36-32-,45-42-. The third-order valence-electron chi connectivity index (χ3n) is 11.2. The number of carbonyl (C=O) groups is 3. The summed E-state index contributed by atoms with van der Waals surface area (Å²) < 4.78 is 16.7. The Hall–Kier alpha value is -3.15. The lowest BCUT2D eigenvalue weighted by Crippen LogP contribution is -2.30. The van der Waals surface area contributed by atoms with Gasteiger partial charge in [-0.1, -0.05) is 209 Å². The Morgan fingerprint density at radius 1 is 0.333 bits per heavy atom. The number of carbonyl (C=O) groups excluding carboxylic acids is 3. The van der Waals surface area contributed by atoms with Crippen LogP contribution in [0.2, 0.25) is 0 Å². The van der Waals surface area contributed by atoms with E-state index in [-0.39, 0.29) is 31.6 Å². The molecule has 0 N–H and O–H groups in total. The van der Waals surface area contributed by atoms with Crippen molar-refractivity contribution in [2.24, 2.45) is 0 Å². The molecule has 0 aromatic rings. The van der Waals surface area contributed by atoms with Gasteiger partial charge < -0.3 is 14.2 Å². The van der Waals surface area contributed by atoms with Gasteiger partial charge >= 0.3 is 17.9 Å². The summed E-state index contributed by atoms with van der Waals surface area (Å²) in [6, 6.07) is 0. The van der Waals surface area contributed by atoms with E-state index in [1.807, 2.05) is 12.2 Å². The summed E-state index contributed by atoms with van der Waals surface area (Å²) in [5.41, 5.74) is 0. The molecule has 6 heteroatoms. The fourth-order valence-corrected chi connectivity index (χ4v) is 7.21.